The molecule has 0 saturated carbocycles. The first-order valence-corrected chi connectivity index (χ1v) is 6.33. The van der Waals surface area contributed by atoms with Crippen molar-refractivity contribution in [2.75, 3.05) is 0 Å². The Balaban J connectivity index is 2.18. The van der Waals surface area contributed by atoms with Gasteiger partial charge in [0.1, 0.15) is 5.71 Å². The fraction of sp³-hybridized carbons (Fsp3) is 0.133. The summed E-state index contributed by atoms with van der Waals surface area (Å²) in [6.07, 6.45) is 2.91. The molecule has 0 aromatic heterocycles. The molecule has 1 aliphatic carbocycles. The van der Waals surface area contributed by atoms with Gasteiger partial charge in [-0.2, -0.15) is 0 Å². The van der Waals surface area contributed by atoms with Crippen LogP contribution in [0.5, 0.6) is 0 Å². The number of rotatable bonds is 3. The topological polar surface area (TPSA) is 98.9 Å². The second-order valence-electron chi connectivity index (χ2n) is 4.68. The molecule has 1 aliphatic rings. The highest BCUT2D eigenvalue weighted by Gasteiger charge is 2.16. The molecule has 7 heteroatoms. The maximum atomic E-state index is 11.9. The molecule has 112 valence electrons. The first-order valence-electron chi connectivity index (χ1n) is 6.33. The van der Waals surface area contributed by atoms with Crippen LogP contribution in [-0.2, 0) is 9.63 Å². The lowest BCUT2D eigenvalue weighted by Crippen LogP contribution is -2.11. The minimum absolute atomic E-state index is 0.0211. The number of oxime groups is 1. The van der Waals surface area contributed by atoms with Gasteiger partial charge >= 0.3 is 5.97 Å². The highest BCUT2D eigenvalue weighted by Crippen LogP contribution is 2.15. The average molecular weight is 300 g/mol. The minimum atomic E-state index is -0.813. The summed E-state index contributed by atoms with van der Waals surface area (Å²) in [5, 5.41) is 14.4. The quantitative estimate of drug-likeness (QED) is 0.370. The Morgan fingerprint density at radius 2 is 1.95 bits per heavy atom. The molecule has 1 aromatic carbocycles. The fourth-order valence-electron chi connectivity index (χ4n) is 1.76. The molecule has 0 aliphatic heterocycles. The highest BCUT2D eigenvalue weighted by atomic mass is 16.7. The number of hydrogen-bond donors (Lipinski definition) is 0. The third kappa shape index (κ3) is 3.32. The zero-order chi connectivity index (χ0) is 16.3. The molecule has 0 amide bonds. The number of nitro groups is 1. The summed E-state index contributed by atoms with van der Waals surface area (Å²) in [4.78, 5) is 38.1. The fourth-order valence-corrected chi connectivity index (χ4v) is 1.76. The van der Waals surface area contributed by atoms with Crippen LogP contribution in [-0.4, -0.2) is 22.4 Å². The maximum Gasteiger partial charge on any atom is 0.366 e. The van der Waals surface area contributed by atoms with E-state index in [1.54, 1.807) is 13.8 Å². The molecule has 0 bridgehead atoms. The van der Waals surface area contributed by atoms with E-state index in [1.807, 2.05) is 0 Å². The van der Waals surface area contributed by atoms with Crippen LogP contribution in [0.4, 0.5) is 5.69 Å². The van der Waals surface area contributed by atoms with Gasteiger partial charge in [-0.3, -0.25) is 14.9 Å². The van der Waals surface area contributed by atoms with E-state index in [4.69, 9.17) is 4.84 Å². The number of carbonyl (C=O) groups is 2. The van der Waals surface area contributed by atoms with Crippen molar-refractivity contribution in [1.82, 2.24) is 0 Å². The van der Waals surface area contributed by atoms with E-state index in [2.05, 4.69) is 5.16 Å². The lowest BCUT2D eigenvalue weighted by molar-refractivity contribution is -0.384. The number of ketones is 1. The largest absolute Gasteiger partial charge is 0.366 e. The molecule has 22 heavy (non-hydrogen) atoms. The van der Waals surface area contributed by atoms with Gasteiger partial charge in [0.05, 0.1) is 10.5 Å². The molecular formula is C15H12N2O5. The molecule has 0 heterocycles. The van der Waals surface area contributed by atoms with Gasteiger partial charge in [0.25, 0.3) is 5.69 Å². The van der Waals surface area contributed by atoms with E-state index in [1.165, 1.54) is 30.4 Å². The van der Waals surface area contributed by atoms with Crippen molar-refractivity contribution in [2.24, 2.45) is 5.16 Å². The number of benzene rings is 1. The summed E-state index contributed by atoms with van der Waals surface area (Å²) >= 11 is 0. The third-order valence-electron chi connectivity index (χ3n) is 3.01. The van der Waals surface area contributed by atoms with Crippen molar-refractivity contribution in [2.45, 2.75) is 13.8 Å². The summed E-state index contributed by atoms with van der Waals surface area (Å²) in [5.74, 6) is -0.937. The normalized spacial score (nSPS) is 16.1. The SMILES string of the molecule is CC1=C/C(=N\OC(=O)c2cccc([N+](=O)[O-])c2)C(C)=CC1=O. The summed E-state index contributed by atoms with van der Waals surface area (Å²) in [6.45, 7) is 3.30. The molecule has 2 rings (SSSR count). The zero-order valence-corrected chi connectivity index (χ0v) is 11.9. The molecule has 0 saturated heterocycles. The van der Waals surface area contributed by atoms with Gasteiger partial charge in [0.2, 0.25) is 0 Å². The predicted octanol–water partition coefficient (Wildman–Crippen LogP) is 2.58. The lowest BCUT2D eigenvalue weighted by atomic mass is 9.99. The van der Waals surface area contributed by atoms with Gasteiger partial charge in [-0.25, -0.2) is 4.79 Å². The van der Waals surface area contributed by atoms with Gasteiger partial charge in [-0.15, -0.1) is 0 Å². The second kappa shape index (κ2) is 6.13. The lowest BCUT2D eigenvalue weighted by Gasteiger charge is -2.08. The maximum absolute atomic E-state index is 11.9. The first-order chi connectivity index (χ1) is 10.4. The molecule has 0 radical (unpaired) electrons. The van der Waals surface area contributed by atoms with Crippen molar-refractivity contribution in [1.29, 1.82) is 0 Å². The monoisotopic (exact) mass is 300 g/mol. The number of nitrogens with zero attached hydrogens (tertiary/aromatic N) is 2. The summed E-state index contributed by atoms with van der Waals surface area (Å²) in [5.41, 5.74) is 1.22. The molecule has 0 spiro atoms. The Bertz CT molecular complexity index is 759. The minimum Gasteiger partial charge on any atom is -0.312 e. The van der Waals surface area contributed by atoms with Gasteiger partial charge in [-0.1, -0.05) is 11.2 Å². The Labute approximate surface area is 125 Å². The number of allylic oxidation sites excluding steroid dienone is 4. The number of nitro benzene ring substituents is 1. The molecule has 0 N–H and O–H groups in total. The Morgan fingerprint density at radius 1 is 1.23 bits per heavy atom. The van der Waals surface area contributed by atoms with Gasteiger partial charge in [0, 0.05) is 12.1 Å². The van der Waals surface area contributed by atoms with Crippen LogP contribution in [0.25, 0.3) is 0 Å². The molecule has 1 aromatic rings. The van der Waals surface area contributed by atoms with Crippen molar-refractivity contribution in [3.05, 3.63) is 63.2 Å². The molecule has 0 atom stereocenters. The number of carbonyl (C=O) groups excluding carboxylic acids is 2. The van der Waals surface area contributed by atoms with Crippen molar-refractivity contribution in [3.63, 3.8) is 0 Å². The summed E-state index contributed by atoms with van der Waals surface area (Å²) in [7, 11) is 0. The van der Waals surface area contributed by atoms with Crippen LogP contribution in [0.2, 0.25) is 0 Å². The average Bonchev–Trinajstić information content (AvgIpc) is 2.49. The smallest absolute Gasteiger partial charge is 0.312 e. The van der Waals surface area contributed by atoms with E-state index in [0.29, 0.717) is 16.9 Å². The van der Waals surface area contributed by atoms with E-state index in [9.17, 15) is 19.7 Å². The van der Waals surface area contributed by atoms with E-state index in [-0.39, 0.29) is 17.0 Å². The standard InChI is InChI=1S/C15H12N2O5/c1-9-7-14(18)10(2)6-13(9)16-22-15(19)11-4-3-5-12(8-11)17(20)21/h3-8H,1-2H3/b16-13+. The van der Waals surface area contributed by atoms with Crippen LogP contribution in [0.1, 0.15) is 24.2 Å². The number of hydrogen-bond acceptors (Lipinski definition) is 6. The predicted molar refractivity (Wildman–Crippen MR) is 78.5 cm³/mol. The summed E-state index contributed by atoms with van der Waals surface area (Å²) < 4.78 is 0. The van der Waals surface area contributed by atoms with Crippen LogP contribution in [0.3, 0.4) is 0 Å². The second-order valence-corrected chi connectivity index (χ2v) is 4.68. The van der Waals surface area contributed by atoms with Crippen molar-refractivity contribution >= 4 is 23.2 Å². The van der Waals surface area contributed by atoms with Crippen LogP contribution in [0, 0.1) is 10.1 Å². The van der Waals surface area contributed by atoms with Crippen molar-refractivity contribution in [3.8, 4) is 0 Å². The first kappa shape index (κ1) is 15.3. The molecular weight excluding hydrogens is 288 g/mol. The zero-order valence-electron chi connectivity index (χ0n) is 11.9. The Hall–Kier alpha value is -3.09. The van der Waals surface area contributed by atoms with Crippen LogP contribution < -0.4 is 0 Å². The molecule has 0 fully saturated rings. The Kier molecular flexibility index (Phi) is 4.26. The Morgan fingerprint density at radius 3 is 2.64 bits per heavy atom. The highest BCUT2D eigenvalue weighted by molar-refractivity contribution is 6.21. The van der Waals surface area contributed by atoms with E-state index in [0.717, 1.165) is 6.07 Å². The van der Waals surface area contributed by atoms with Crippen LogP contribution in [0.15, 0.2) is 52.7 Å². The molecule has 7 nitrogen and oxygen atoms in total. The van der Waals surface area contributed by atoms with Crippen molar-refractivity contribution < 1.29 is 19.3 Å². The molecule has 0 unspecified atom stereocenters. The van der Waals surface area contributed by atoms with Gasteiger partial charge < -0.3 is 4.84 Å². The van der Waals surface area contributed by atoms with E-state index < -0.39 is 10.9 Å². The van der Waals surface area contributed by atoms with Crippen LogP contribution >= 0.6 is 0 Å². The third-order valence-corrected chi connectivity index (χ3v) is 3.01. The summed E-state index contributed by atoms with van der Waals surface area (Å²) in [6, 6.07) is 5.16. The van der Waals surface area contributed by atoms with Gasteiger partial charge in [-0.05, 0) is 43.2 Å². The van der Waals surface area contributed by atoms with E-state index >= 15 is 0 Å². The number of non-ortho nitro benzene ring substituents is 1. The van der Waals surface area contributed by atoms with Gasteiger partial charge in [0.15, 0.2) is 5.78 Å².